The lowest BCUT2D eigenvalue weighted by molar-refractivity contribution is -0.147. The van der Waals surface area contributed by atoms with Crippen LogP contribution in [0.25, 0.3) is 11.2 Å². The lowest BCUT2D eigenvalue weighted by Gasteiger charge is -2.25. The van der Waals surface area contributed by atoms with Crippen LogP contribution >= 0.6 is 7.52 Å². The van der Waals surface area contributed by atoms with E-state index in [-0.39, 0.29) is 25.0 Å². The molecule has 2 aromatic heterocycles. The summed E-state index contributed by atoms with van der Waals surface area (Å²) in [6, 6.07) is -0.840. The number of esters is 1. The maximum Gasteiger partial charge on any atom is 0.323 e. The summed E-state index contributed by atoms with van der Waals surface area (Å²) in [7, 11) is -3.59. The van der Waals surface area contributed by atoms with Crippen molar-refractivity contribution in [1.82, 2.24) is 24.6 Å². The van der Waals surface area contributed by atoms with Crippen LogP contribution in [0.3, 0.4) is 0 Å². The summed E-state index contributed by atoms with van der Waals surface area (Å²) < 4.78 is 39.1. The van der Waals surface area contributed by atoms with E-state index in [0.29, 0.717) is 55.7 Å². The van der Waals surface area contributed by atoms with E-state index in [1.54, 1.807) is 13.3 Å². The lowest BCUT2D eigenvalue weighted by atomic mass is 9.94. The van der Waals surface area contributed by atoms with Crippen molar-refractivity contribution in [2.45, 2.75) is 163 Å². The van der Waals surface area contributed by atoms with E-state index in [4.69, 9.17) is 24.5 Å². The Hall–Kier alpha value is -2.11. The molecule has 0 radical (unpaired) electrons. The quantitative estimate of drug-likeness (QED) is 0.0420. The number of nitrogens with zero attached hydrogens (tertiary/aromatic N) is 4. The Labute approximate surface area is 308 Å². The van der Waals surface area contributed by atoms with Gasteiger partial charge in [0.15, 0.2) is 11.5 Å². The Morgan fingerprint density at radius 2 is 1.43 bits per heavy atom. The zero-order chi connectivity index (χ0) is 37.3. The standard InChI is InChI=1S/C38H71N6O6P/c1-7-9-10-11-12-13-14-15-16-17-18-19-20-21-23-47-24-22-25-50-51(46,43-34(6)38(45)48-27-32(4)31(3)8-2)30-49-33(5)26-44-29-42-35-36(39)40-28-41-37(35)44/h28-29,31-34H,7-27,30H2,1-6H3,(H,43,46)(H2,39,40,41)/t31?,32?,33-,34+,51?/m1/s1. The van der Waals surface area contributed by atoms with Crippen LogP contribution in [-0.4, -0.2) is 70.4 Å². The number of carbonyl (C=O) groups excluding carboxylic acids is 1. The minimum Gasteiger partial charge on any atom is -0.464 e. The van der Waals surface area contributed by atoms with Crippen molar-refractivity contribution in [3.8, 4) is 0 Å². The Morgan fingerprint density at radius 3 is 2.06 bits per heavy atom. The van der Waals surface area contributed by atoms with Crippen molar-refractivity contribution < 1.29 is 28.1 Å². The lowest BCUT2D eigenvalue weighted by Crippen LogP contribution is -2.36. The Morgan fingerprint density at radius 1 is 0.824 bits per heavy atom. The molecule has 0 aliphatic heterocycles. The van der Waals surface area contributed by atoms with E-state index in [1.807, 2.05) is 11.5 Å². The number of nitrogens with one attached hydrogen (secondary N) is 1. The highest BCUT2D eigenvalue weighted by Gasteiger charge is 2.31. The van der Waals surface area contributed by atoms with E-state index in [1.165, 1.54) is 89.8 Å². The van der Waals surface area contributed by atoms with Crippen molar-refractivity contribution in [2.75, 3.05) is 38.5 Å². The molecule has 3 unspecified atom stereocenters. The molecular formula is C38H71N6O6P. The summed E-state index contributed by atoms with van der Waals surface area (Å²) in [6.07, 6.45) is 22.6. The number of fused-ring (bicyclic) bond motifs is 1. The van der Waals surface area contributed by atoms with Gasteiger partial charge < -0.3 is 29.0 Å². The summed E-state index contributed by atoms with van der Waals surface area (Å²) in [5, 5.41) is 2.91. The van der Waals surface area contributed by atoms with Crippen LogP contribution in [0, 0.1) is 11.8 Å². The monoisotopic (exact) mass is 739 g/mol. The topological polar surface area (TPSA) is 153 Å². The third-order valence-electron chi connectivity index (χ3n) is 9.64. The van der Waals surface area contributed by atoms with Gasteiger partial charge in [0, 0.05) is 13.2 Å². The molecule has 0 fully saturated rings. The molecule has 5 atom stereocenters. The summed E-state index contributed by atoms with van der Waals surface area (Å²) in [6.45, 7) is 14.2. The number of nitrogen functional groups attached to an aromatic ring is 1. The normalized spacial score (nSPS) is 15.4. The van der Waals surface area contributed by atoms with Crippen molar-refractivity contribution in [1.29, 1.82) is 0 Å². The van der Waals surface area contributed by atoms with Crippen LogP contribution in [0.1, 0.15) is 144 Å². The first kappa shape index (κ1) is 45.0. The predicted octanol–water partition coefficient (Wildman–Crippen LogP) is 9.07. The van der Waals surface area contributed by atoms with Crippen molar-refractivity contribution in [3.63, 3.8) is 0 Å². The van der Waals surface area contributed by atoms with Gasteiger partial charge in [0.2, 0.25) is 0 Å². The first-order valence-electron chi connectivity index (χ1n) is 19.9. The highest BCUT2D eigenvalue weighted by atomic mass is 31.2. The average molecular weight is 739 g/mol. The van der Waals surface area contributed by atoms with Crippen LogP contribution in [-0.2, 0) is 34.6 Å². The molecule has 0 aliphatic rings. The smallest absolute Gasteiger partial charge is 0.323 e. The molecule has 2 rings (SSSR count). The number of unbranched alkanes of at least 4 members (excludes halogenated alkanes) is 13. The summed E-state index contributed by atoms with van der Waals surface area (Å²) in [5.41, 5.74) is 7.03. The third kappa shape index (κ3) is 19.0. The summed E-state index contributed by atoms with van der Waals surface area (Å²) in [5.74, 6) is 0.485. The molecule has 51 heavy (non-hydrogen) atoms. The Balaban J connectivity index is 1.71. The zero-order valence-electron chi connectivity index (χ0n) is 32.8. The maximum atomic E-state index is 14.0. The first-order valence-corrected chi connectivity index (χ1v) is 21.7. The molecule has 0 spiro atoms. The van der Waals surface area contributed by atoms with Gasteiger partial charge in [-0.3, -0.25) is 9.36 Å². The fourth-order valence-electron chi connectivity index (χ4n) is 5.83. The number of carbonyl (C=O) groups is 1. The largest absolute Gasteiger partial charge is 0.464 e. The predicted molar refractivity (Wildman–Crippen MR) is 207 cm³/mol. The number of ether oxygens (including phenoxy) is 3. The SMILES string of the molecule is CCCCCCCCCCCCCCCCOCCCOP(=O)(CO[C@H](C)Cn1cnc2c(N)ncnc21)N[C@@H](C)C(=O)OCC(C)C(C)CC. The molecule has 0 bridgehead atoms. The highest BCUT2D eigenvalue weighted by Crippen LogP contribution is 2.43. The van der Waals surface area contributed by atoms with E-state index in [2.05, 4.69) is 47.7 Å². The molecule has 294 valence electrons. The molecule has 0 saturated heterocycles. The second-order valence-corrected chi connectivity index (χ2v) is 16.5. The van der Waals surface area contributed by atoms with Crippen molar-refractivity contribution in [3.05, 3.63) is 12.7 Å². The number of hydrogen-bond donors (Lipinski definition) is 2. The van der Waals surface area contributed by atoms with Crippen molar-refractivity contribution >= 4 is 30.5 Å². The van der Waals surface area contributed by atoms with Gasteiger partial charge in [-0.2, -0.15) is 0 Å². The van der Waals surface area contributed by atoms with E-state index >= 15 is 0 Å². The van der Waals surface area contributed by atoms with Crippen LogP contribution in [0.4, 0.5) is 5.82 Å². The van der Waals surface area contributed by atoms with E-state index in [9.17, 15) is 9.36 Å². The van der Waals surface area contributed by atoms with Crippen molar-refractivity contribution in [2.24, 2.45) is 11.8 Å². The fraction of sp³-hybridized carbons (Fsp3) is 0.842. The summed E-state index contributed by atoms with van der Waals surface area (Å²) in [4.78, 5) is 25.4. The van der Waals surface area contributed by atoms with Gasteiger partial charge in [-0.15, -0.1) is 0 Å². The molecule has 0 aromatic carbocycles. The number of imidazole rings is 1. The Kier molecular flexibility index (Phi) is 23.5. The molecule has 2 heterocycles. The number of rotatable bonds is 32. The highest BCUT2D eigenvalue weighted by molar-refractivity contribution is 7.56. The molecule has 12 nitrogen and oxygen atoms in total. The van der Waals surface area contributed by atoms with Gasteiger partial charge in [-0.25, -0.2) is 20.0 Å². The second kappa shape index (κ2) is 26.6. The number of aromatic nitrogens is 4. The molecular weight excluding hydrogens is 667 g/mol. The van der Waals surface area contributed by atoms with Gasteiger partial charge in [0.1, 0.15) is 24.2 Å². The van der Waals surface area contributed by atoms with Crippen LogP contribution in [0.5, 0.6) is 0 Å². The number of hydrogen-bond acceptors (Lipinski definition) is 10. The van der Waals surface area contributed by atoms with Crippen LogP contribution < -0.4 is 10.8 Å². The minimum atomic E-state index is -3.59. The summed E-state index contributed by atoms with van der Waals surface area (Å²) >= 11 is 0. The second-order valence-electron chi connectivity index (χ2n) is 14.3. The molecule has 3 N–H and O–H groups in total. The van der Waals surface area contributed by atoms with Gasteiger partial charge in [-0.1, -0.05) is 118 Å². The minimum absolute atomic E-state index is 0.204. The Bertz CT molecular complexity index is 1250. The maximum absolute atomic E-state index is 14.0. The van der Waals surface area contributed by atoms with Gasteiger partial charge in [-0.05, 0) is 38.5 Å². The number of anilines is 1. The fourth-order valence-corrected chi connectivity index (χ4v) is 7.62. The van der Waals surface area contributed by atoms with Gasteiger partial charge in [0.25, 0.3) is 7.52 Å². The molecule has 0 saturated carbocycles. The van der Waals surface area contributed by atoms with Gasteiger partial charge in [0.05, 0.1) is 32.2 Å². The van der Waals surface area contributed by atoms with Gasteiger partial charge >= 0.3 is 5.97 Å². The zero-order valence-corrected chi connectivity index (χ0v) is 33.7. The van der Waals surface area contributed by atoms with Crippen LogP contribution in [0.2, 0.25) is 0 Å². The third-order valence-corrected chi connectivity index (χ3v) is 11.5. The molecule has 0 amide bonds. The molecule has 2 aromatic rings. The van der Waals surface area contributed by atoms with E-state index in [0.717, 1.165) is 12.8 Å². The van der Waals surface area contributed by atoms with Crippen LogP contribution in [0.15, 0.2) is 12.7 Å². The molecule has 0 aliphatic carbocycles. The first-order chi connectivity index (χ1) is 24.6. The average Bonchev–Trinajstić information content (AvgIpc) is 3.53. The number of nitrogens with two attached hydrogens (primary N) is 1. The molecule has 13 heteroatoms. The van der Waals surface area contributed by atoms with E-state index < -0.39 is 19.5 Å².